The zero-order chi connectivity index (χ0) is 50.7. The molecule has 0 bridgehead atoms. The third-order valence-electron chi connectivity index (χ3n) is 14.5. The van der Waals surface area contributed by atoms with Gasteiger partial charge in [-0.15, -0.1) is 0 Å². The average Bonchev–Trinajstić information content (AvgIpc) is 3.36. The third-order valence-corrected chi connectivity index (χ3v) is 14.5. The molecule has 6 nitrogen and oxygen atoms in total. The lowest BCUT2D eigenvalue weighted by Crippen LogP contribution is -2.30. The highest BCUT2D eigenvalue weighted by Crippen LogP contribution is 2.18. The lowest BCUT2D eigenvalue weighted by molar-refractivity contribution is -0.167. The van der Waals surface area contributed by atoms with E-state index < -0.39 is 6.10 Å². The normalized spacial score (nSPS) is 12.0. The number of carbonyl (C=O) groups is 3. The lowest BCUT2D eigenvalue weighted by atomic mass is 10.0. The Morgan fingerprint density at radius 2 is 0.471 bits per heavy atom. The first-order valence-corrected chi connectivity index (χ1v) is 31.7. The summed E-state index contributed by atoms with van der Waals surface area (Å²) in [5.41, 5.74) is 0. The van der Waals surface area contributed by atoms with Crippen molar-refractivity contribution in [3.05, 3.63) is 12.2 Å². The van der Waals surface area contributed by atoms with Crippen LogP contribution < -0.4 is 0 Å². The zero-order valence-electron chi connectivity index (χ0n) is 47.6. The predicted molar refractivity (Wildman–Crippen MR) is 303 cm³/mol. The molecule has 0 radical (unpaired) electrons. The average molecular weight is 988 g/mol. The van der Waals surface area contributed by atoms with Crippen LogP contribution in [0.25, 0.3) is 0 Å². The molecular formula is C64H122O6. The quantitative estimate of drug-likeness (QED) is 0.0261. The van der Waals surface area contributed by atoms with Crippen LogP contribution >= 0.6 is 0 Å². The molecule has 0 aliphatic carbocycles. The number of hydrogen-bond acceptors (Lipinski definition) is 6. The Balaban J connectivity index is 4.08. The number of unbranched alkanes of at least 4 members (excludes halogenated alkanes) is 46. The van der Waals surface area contributed by atoms with Crippen molar-refractivity contribution in [2.45, 2.75) is 367 Å². The Morgan fingerprint density at radius 3 is 0.714 bits per heavy atom. The second-order valence-electron chi connectivity index (χ2n) is 21.7. The molecule has 0 aliphatic heterocycles. The molecule has 0 heterocycles. The second-order valence-corrected chi connectivity index (χ2v) is 21.7. The van der Waals surface area contributed by atoms with E-state index in [-0.39, 0.29) is 31.1 Å². The molecule has 0 rings (SSSR count). The van der Waals surface area contributed by atoms with Gasteiger partial charge in [0.25, 0.3) is 0 Å². The molecule has 70 heavy (non-hydrogen) atoms. The van der Waals surface area contributed by atoms with Gasteiger partial charge in [0.15, 0.2) is 6.10 Å². The van der Waals surface area contributed by atoms with Crippen LogP contribution in [0.3, 0.4) is 0 Å². The Kier molecular flexibility index (Phi) is 58.1. The highest BCUT2D eigenvalue weighted by Gasteiger charge is 2.19. The molecule has 0 N–H and O–H groups in total. The first-order chi connectivity index (χ1) is 34.5. The fourth-order valence-corrected chi connectivity index (χ4v) is 9.74. The summed E-state index contributed by atoms with van der Waals surface area (Å²) in [6, 6.07) is 0. The van der Waals surface area contributed by atoms with Gasteiger partial charge in [0.2, 0.25) is 0 Å². The molecule has 0 spiro atoms. The lowest BCUT2D eigenvalue weighted by Gasteiger charge is -2.18. The fourth-order valence-electron chi connectivity index (χ4n) is 9.74. The van der Waals surface area contributed by atoms with E-state index >= 15 is 0 Å². The molecule has 0 aliphatic rings. The molecule has 0 amide bonds. The first kappa shape index (κ1) is 68.2. The number of hydrogen-bond donors (Lipinski definition) is 0. The van der Waals surface area contributed by atoms with Crippen molar-refractivity contribution >= 4 is 17.9 Å². The SMILES string of the molecule is CCCCCCCCCC/C=C\CCCCCCCCCCCCCC(=O)OCC(COC(=O)CCCCCCCCC)OC(=O)CCCCCCCCCCCCCCCCCCCCCCCC. The van der Waals surface area contributed by atoms with Gasteiger partial charge < -0.3 is 14.2 Å². The van der Waals surface area contributed by atoms with E-state index in [1.54, 1.807) is 0 Å². The minimum absolute atomic E-state index is 0.0648. The van der Waals surface area contributed by atoms with Crippen molar-refractivity contribution in [3.8, 4) is 0 Å². The highest BCUT2D eigenvalue weighted by molar-refractivity contribution is 5.71. The van der Waals surface area contributed by atoms with Crippen LogP contribution in [0.2, 0.25) is 0 Å². The number of esters is 3. The fraction of sp³-hybridized carbons (Fsp3) is 0.922. The molecule has 0 aromatic heterocycles. The largest absolute Gasteiger partial charge is 0.462 e. The van der Waals surface area contributed by atoms with Gasteiger partial charge in [0.05, 0.1) is 0 Å². The maximum atomic E-state index is 12.8. The Bertz CT molecular complexity index is 1090. The second kappa shape index (κ2) is 59.7. The van der Waals surface area contributed by atoms with Crippen LogP contribution in [-0.2, 0) is 28.6 Å². The minimum Gasteiger partial charge on any atom is -0.462 e. The zero-order valence-corrected chi connectivity index (χ0v) is 47.6. The van der Waals surface area contributed by atoms with Crippen LogP contribution in [0.15, 0.2) is 12.2 Å². The molecule has 0 saturated heterocycles. The summed E-state index contributed by atoms with van der Waals surface area (Å²) in [5, 5.41) is 0. The van der Waals surface area contributed by atoms with Gasteiger partial charge in [-0.25, -0.2) is 0 Å². The topological polar surface area (TPSA) is 78.9 Å². The van der Waals surface area contributed by atoms with E-state index in [9.17, 15) is 14.4 Å². The van der Waals surface area contributed by atoms with E-state index in [0.29, 0.717) is 19.3 Å². The standard InChI is InChI=1S/C64H122O6/c1-4-7-10-13-16-18-20-22-24-26-28-30-32-34-35-37-39-41-43-45-48-51-54-57-63(66)69-60-61(59-68-62(65)56-53-50-47-15-12-9-6-3)70-64(67)58-55-52-49-46-44-42-40-38-36-33-31-29-27-25-23-21-19-17-14-11-8-5-2/h26,28,61H,4-25,27,29-60H2,1-3H3/b28-26-. The molecule has 0 saturated carbocycles. The molecular weight excluding hydrogens is 865 g/mol. The van der Waals surface area contributed by atoms with E-state index in [2.05, 4.69) is 32.9 Å². The summed E-state index contributed by atoms with van der Waals surface area (Å²) in [4.78, 5) is 38.0. The van der Waals surface area contributed by atoms with Gasteiger partial charge in [-0.2, -0.15) is 0 Å². The summed E-state index contributed by atoms with van der Waals surface area (Å²) in [7, 11) is 0. The van der Waals surface area contributed by atoms with E-state index in [1.807, 2.05) is 0 Å². The van der Waals surface area contributed by atoms with Gasteiger partial charge in [-0.05, 0) is 44.9 Å². The molecule has 1 unspecified atom stereocenters. The van der Waals surface area contributed by atoms with Crippen molar-refractivity contribution in [2.75, 3.05) is 13.2 Å². The van der Waals surface area contributed by atoms with E-state index in [0.717, 1.165) is 57.8 Å². The molecule has 0 aromatic carbocycles. The predicted octanol–water partition coefficient (Wildman–Crippen LogP) is 21.3. The number of rotatable bonds is 59. The van der Waals surface area contributed by atoms with Crippen molar-refractivity contribution in [1.82, 2.24) is 0 Å². The monoisotopic (exact) mass is 987 g/mol. The maximum absolute atomic E-state index is 12.8. The van der Waals surface area contributed by atoms with Crippen molar-refractivity contribution in [3.63, 3.8) is 0 Å². The van der Waals surface area contributed by atoms with Gasteiger partial charge >= 0.3 is 17.9 Å². The number of allylic oxidation sites excluding steroid dienone is 2. The maximum Gasteiger partial charge on any atom is 0.306 e. The Morgan fingerprint density at radius 1 is 0.271 bits per heavy atom. The van der Waals surface area contributed by atoms with Crippen LogP contribution in [0, 0.1) is 0 Å². The molecule has 0 fully saturated rings. The number of carbonyl (C=O) groups excluding carboxylic acids is 3. The van der Waals surface area contributed by atoms with Crippen LogP contribution in [0.5, 0.6) is 0 Å². The van der Waals surface area contributed by atoms with Gasteiger partial charge in [-0.1, -0.05) is 309 Å². The van der Waals surface area contributed by atoms with Crippen molar-refractivity contribution in [2.24, 2.45) is 0 Å². The van der Waals surface area contributed by atoms with Gasteiger partial charge in [-0.3, -0.25) is 14.4 Å². The molecule has 6 heteroatoms. The molecule has 0 aromatic rings. The summed E-state index contributed by atoms with van der Waals surface area (Å²) < 4.78 is 16.8. The van der Waals surface area contributed by atoms with Crippen LogP contribution in [-0.4, -0.2) is 37.2 Å². The summed E-state index contributed by atoms with van der Waals surface area (Å²) in [5.74, 6) is -0.846. The summed E-state index contributed by atoms with van der Waals surface area (Å²) in [6.45, 7) is 6.67. The third kappa shape index (κ3) is 57.1. The van der Waals surface area contributed by atoms with E-state index in [1.165, 1.54) is 263 Å². The van der Waals surface area contributed by atoms with Crippen LogP contribution in [0.1, 0.15) is 361 Å². The number of ether oxygens (including phenoxy) is 3. The smallest absolute Gasteiger partial charge is 0.306 e. The summed E-state index contributed by atoms with van der Waals surface area (Å²) >= 11 is 0. The van der Waals surface area contributed by atoms with Gasteiger partial charge in [0, 0.05) is 19.3 Å². The van der Waals surface area contributed by atoms with E-state index in [4.69, 9.17) is 14.2 Å². The first-order valence-electron chi connectivity index (χ1n) is 31.7. The molecule has 1 atom stereocenters. The highest BCUT2D eigenvalue weighted by atomic mass is 16.6. The van der Waals surface area contributed by atoms with Crippen molar-refractivity contribution in [1.29, 1.82) is 0 Å². The minimum atomic E-state index is -0.764. The van der Waals surface area contributed by atoms with Crippen molar-refractivity contribution < 1.29 is 28.6 Å². The van der Waals surface area contributed by atoms with Gasteiger partial charge in [0.1, 0.15) is 13.2 Å². The Hall–Kier alpha value is -1.85. The molecule has 414 valence electrons. The summed E-state index contributed by atoms with van der Waals surface area (Å²) in [6.07, 6.45) is 69.6. The van der Waals surface area contributed by atoms with Crippen LogP contribution in [0.4, 0.5) is 0 Å². The Labute approximate surface area is 437 Å².